The lowest BCUT2D eigenvalue weighted by molar-refractivity contribution is -0.136. The Hall–Kier alpha value is -1.78. The molecule has 86 valence electrons. The number of aryl methyl sites for hydroxylation is 4. The van der Waals surface area contributed by atoms with E-state index in [0.29, 0.717) is 6.42 Å². The van der Waals surface area contributed by atoms with Crippen LogP contribution in [0.25, 0.3) is 5.78 Å². The van der Waals surface area contributed by atoms with Gasteiger partial charge in [-0.05, 0) is 20.3 Å². The van der Waals surface area contributed by atoms with Crippen LogP contribution in [-0.2, 0) is 18.3 Å². The van der Waals surface area contributed by atoms with Crippen LogP contribution in [0.2, 0.25) is 0 Å². The second-order valence-electron chi connectivity index (χ2n) is 4.03. The maximum atomic E-state index is 10.5. The molecule has 0 saturated carbocycles. The molecule has 0 unspecified atom stereocenters. The van der Waals surface area contributed by atoms with E-state index in [2.05, 4.69) is 4.98 Å². The minimum atomic E-state index is -0.772. The summed E-state index contributed by atoms with van der Waals surface area (Å²) in [6.45, 7) is 3.98. The Morgan fingerprint density at radius 2 is 2.19 bits per heavy atom. The number of carbonyl (C=O) groups is 1. The molecule has 16 heavy (non-hydrogen) atoms. The summed E-state index contributed by atoms with van der Waals surface area (Å²) >= 11 is 0. The summed E-state index contributed by atoms with van der Waals surface area (Å²) in [5.74, 6) is 0.0992. The number of aliphatic carboxylic acids is 1. The molecule has 0 spiro atoms. The Kier molecular flexibility index (Phi) is 2.46. The van der Waals surface area contributed by atoms with Crippen LogP contribution in [0.5, 0.6) is 0 Å². The van der Waals surface area contributed by atoms with Crippen LogP contribution in [0.3, 0.4) is 0 Å². The molecule has 5 heteroatoms. The monoisotopic (exact) mass is 221 g/mol. The van der Waals surface area contributed by atoms with Crippen molar-refractivity contribution in [3.63, 3.8) is 0 Å². The van der Waals surface area contributed by atoms with Crippen LogP contribution in [0, 0.1) is 13.8 Å². The summed E-state index contributed by atoms with van der Waals surface area (Å²) < 4.78 is 3.95. The van der Waals surface area contributed by atoms with Gasteiger partial charge in [-0.1, -0.05) is 0 Å². The molecule has 0 aromatic carbocycles. The highest BCUT2D eigenvalue weighted by Gasteiger charge is 2.12. The quantitative estimate of drug-likeness (QED) is 0.850. The fourth-order valence-corrected chi connectivity index (χ4v) is 1.83. The van der Waals surface area contributed by atoms with Gasteiger partial charge < -0.3 is 9.67 Å². The molecule has 0 aliphatic heterocycles. The van der Waals surface area contributed by atoms with Crippen molar-refractivity contribution in [3.05, 3.63) is 23.3 Å². The van der Waals surface area contributed by atoms with Crippen LogP contribution in [-0.4, -0.2) is 25.0 Å². The molecule has 2 heterocycles. The first-order valence-corrected chi connectivity index (χ1v) is 5.22. The average Bonchev–Trinajstić information content (AvgIpc) is 2.66. The number of hydrogen-bond donors (Lipinski definition) is 1. The summed E-state index contributed by atoms with van der Waals surface area (Å²) in [6.07, 6.45) is 2.65. The number of carboxylic acid groups (broad SMARTS) is 1. The lowest BCUT2D eigenvalue weighted by Crippen LogP contribution is -2.02. The lowest BCUT2D eigenvalue weighted by Gasteiger charge is -1.99. The molecule has 2 aromatic rings. The van der Waals surface area contributed by atoms with E-state index in [1.807, 2.05) is 36.1 Å². The Labute approximate surface area is 93.3 Å². The van der Waals surface area contributed by atoms with Gasteiger partial charge in [0.05, 0.1) is 12.1 Å². The highest BCUT2D eigenvalue weighted by Crippen LogP contribution is 2.15. The zero-order valence-electron chi connectivity index (χ0n) is 9.69. The number of nitrogens with zero attached hydrogens (tertiary/aromatic N) is 3. The number of imidazole rings is 2. The van der Waals surface area contributed by atoms with Crippen molar-refractivity contribution in [3.8, 4) is 0 Å². The molecule has 0 atom stereocenters. The number of rotatable bonds is 3. The van der Waals surface area contributed by atoms with Crippen molar-refractivity contribution in [2.24, 2.45) is 7.05 Å². The molecule has 2 aromatic heterocycles. The fourth-order valence-electron chi connectivity index (χ4n) is 1.83. The molecule has 0 bridgehead atoms. The smallest absolute Gasteiger partial charge is 0.303 e. The number of hydrogen-bond acceptors (Lipinski definition) is 2. The first-order valence-electron chi connectivity index (χ1n) is 5.22. The highest BCUT2D eigenvalue weighted by molar-refractivity contribution is 5.67. The van der Waals surface area contributed by atoms with E-state index >= 15 is 0 Å². The first kappa shape index (κ1) is 10.7. The molecule has 0 aliphatic rings. The maximum absolute atomic E-state index is 10.5. The molecule has 0 amide bonds. The predicted molar refractivity (Wildman–Crippen MR) is 59.6 cm³/mol. The second kappa shape index (κ2) is 3.66. The van der Waals surface area contributed by atoms with Gasteiger partial charge in [0.2, 0.25) is 5.78 Å². The zero-order valence-corrected chi connectivity index (χ0v) is 9.69. The van der Waals surface area contributed by atoms with Gasteiger partial charge in [-0.2, -0.15) is 0 Å². The molecule has 2 rings (SSSR count). The minimum Gasteiger partial charge on any atom is -0.481 e. The van der Waals surface area contributed by atoms with Gasteiger partial charge in [-0.3, -0.25) is 9.20 Å². The van der Waals surface area contributed by atoms with Crippen molar-refractivity contribution >= 4 is 11.7 Å². The van der Waals surface area contributed by atoms with Crippen LogP contribution in [0.4, 0.5) is 0 Å². The van der Waals surface area contributed by atoms with E-state index in [4.69, 9.17) is 5.11 Å². The standard InChI is InChI=1S/C11H15N3O2/c1-7-8(2)14-6-9(4-5-10(15)16)13(3)11(14)12-7/h6H,4-5H2,1-3H3,(H,15,16). The van der Waals surface area contributed by atoms with Gasteiger partial charge in [-0.15, -0.1) is 0 Å². The average molecular weight is 221 g/mol. The van der Waals surface area contributed by atoms with Crippen LogP contribution < -0.4 is 0 Å². The Bertz CT molecular complexity index is 551. The normalized spacial score (nSPS) is 11.2. The van der Waals surface area contributed by atoms with Gasteiger partial charge in [0.15, 0.2) is 0 Å². The third-order valence-corrected chi connectivity index (χ3v) is 2.97. The van der Waals surface area contributed by atoms with Gasteiger partial charge in [0.1, 0.15) is 0 Å². The van der Waals surface area contributed by atoms with E-state index in [1.165, 1.54) is 0 Å². The van der Waals surface area contributed by atoms with Crippen molar-refractivity contribution < 1.29 is 9.90 Å². The largest absolute Gasteiger partial charge is 0.481 e. The maximum Gasteiger partial charge on any atom is 0.303 e. The molecule has 0 aliphatic carbocycles. The van der Waals surface area contributed by atoms with Crippen LogP contribution in [0.1, 0.15) is 23.5 Å². The van der Waals surface area contributed by atoms with Gasteiger partial charge in [0.25, 0.3) is 0 Å². The topological polar surface area (TPSA) is 59.5 Å². The summed E-state index contributed by atoms with van der Waals surface area (Å²) in [7, 11) is 1.92. The Morgan fingerprint density at radius 3 is 2.75 bits per heavy atom. The van der Waals surface area contributed by atoms with Crippen molar-refractivity contribution in [1.82, 2.24) is 14.0 Å². The fraction of sp³-hybridized carbons (Fsp3) is 0.455. The molecule has 5 nitrogen and oxygen atoms in total. The van der Waals surface area contributed by atoms with Crippen LogP contribution in [0.15, 0.2) is 6.20 Å². The van der Waals surface area contributed by atoms with E-state index in [9.17, 15) is 4.79 Å². The predicted octanol–water partition coefficient (Wildman–Crippen LogP) is 1.31. The SMILES string of the molecule is Cc1nc2n(C)c(CCC(=O)O)cn2c1C. The minimum absolute atomic E-state index is 0.152. The first-order chi connectivity index (χ1) is 7.50. The Balaban J connectivity index is 2.41. The molecule has 0 fully saturated rings. The molecular formula is C11H15N3O2. The van der Waals surface area contributed by atoms with Gasteiger partial charge in [0, 0.05) is 24.6 Å². The Morgan fingerprint density at radius 1 is 1.50 bits per heavy atom. The number of carboxylic acids is 1. The summed E-state index contributed by atoms with van der Waals surface area (Å²) in [5.41, 5.74) is 3.11. The summed E-state index contributed by atoms with van der Waals surface area (Å²) in [5, 5.41) is 8.66. The van der Waals surface area contributed by atoms with Crippen molar-refractivity contribution in [2.75, 3.05) is 0 Å². The number of aromatic nitrogens is 3. The van der Waals surface area contributed by atoms with E-state index in [-0.39, 0.29) is 6.42 Å². The van der Waals surface area contributed by atoms with Crippen molar-refractivity contribution in [2.45, 2.75) is 26.7 Å². The molecular weight excluding hydrogens is 206 g/mol. The summed E-state index contributed by atoms with van der Waals surface area (Å²) in [4.78, 5) is 15.0. The van der Waals surface area contributed by atoms with Crippen molar-refractivity contribution in [1.29, 1.82) is 0 Å². The van der Waals surface area contributed by atoms with Gasteiger partial charge >= 0.3 is 5.97 Å². The lowest BCUT2D eigenvalue weighted by atomic mass is 10.2. The molecule has 0 radical (unpaired) electrons. The zero-order chi connectivity index (χ0) is 11.9. The summed E-state index contributed by atoms with van der Waals surface area (Å²) in [6, 6.07) is 0. The molecule has 0 saturated heterocycles. The third kappa shape index (κ3) is 1.58. The van der Waals surface area contributed by atoms with E-state index < -0.39 is 5.97 Å². The van der Waals surface area contributed by atoms with E-state index in [1.54, 1.807) is 0 Å². The second-order valence-corrected chi connectivity index (χ2v) is 4.03. The number of fused-ring (bicyclic) bond motifs is 1. The highest BCUT2D eigenvalue weighted by atomic mass is 16.4. The third-order valence-electron chi connectivity index (χ3n) is 2.97. The van der Waals surface area contributed by atoms with E-state index in [0.717, 1.165) is 22.9 Å². The van der Waals surface area contributed by atoms with Gasteiger partial charge in [-0.25, -0.2) is 4.98 Å². The van der Waals surface area contributed by atoms with Crippen LogP contribution >= 0.6 is 0 Å². The molecule has 1 N–H and O–H groups in total.